The fourth-order valence-corrected chi connectivity index (χ4v) is 5.23. The lowest BCUT2D eigenvalue weighted by Crippen LogP contribution is -2.42. The molecule has 0 bridgehead atoms. The average molecular weight is 443 g/mol. The van der Waals surface area contributed by atoms with Gasteiger partial charge in [0.1, 0.15) is 0 Å². The maximum atomic E-state index is 12.9. The summed E-state index contributed by atoms with van der Waals surface area (Å²) in [4.78, 5) is 25.1. The van der Waals surface area contributed by atoms with Crippen molar-refractivity contribution in [2.45, 2.75) is 25.4 Å². The van der Waals surface area contributed by atoms with Crippen LogP contribution in [0.3, 0.4) is 0 Å². The Morgan fingerprint density at radius 2 is 2.03 bits per heavy atom. The van der Waals surface area contributed by atoms with E-state index in [0.717, 1.165) is 48.6 Å². The zero-order valence-electron chi connectivity index (χ0n) is 17.9. The second-order valence-corrected chi connectivity index (χ2v) is 9.30. The van der Waals surface area contributed by atoms with Gasteiger partial charge in [0.15, 0.2) is 0 Å². The number of fused-ring (bicyclic) bond motifs is 1. The number of pyridine rings is 2. The molecule has 1 N–H and O–H groups in total. The highest BCUT2D eigenvalue weighted by atomic mass is 32.1. The summed E-state index contributed by atoms with van der Waals surface area (Å²) in [5, 5.41) is 6.40. The third kappa shape index (κ3) is 4.71. The fraction of sp³-hybridized carbons (Fsp3) is 0.269. The number of likely N-dealkylation sites (tertiary alicyclic amines) is 1. The van der Waals surface area contributed by atoms with Gasteiger partial charge in [-0.25, -0.2) is 0 Å². The van der Waals surface area contributed by atoms with Gasteiger partial charge in [-0.2, -0.15) is 0 Å². The average Bonchev–Trinajstić information content (AvgIpc) is 3.38. The lowest BCUT2D eigenvalue weighted by Gasteiger charge is -2.37. The molecule has 2 atom stereocenters. The maximum Gasteiger partial charge on any atom is 0.261 e. The first-order chi connectivity index (χ1) is 15.8. The van der Waals surface area contributed by atoms with Gasteiger partial charge in [-0.15, -0.1) is 11.3 Å². The molecule has 0 saturated carbocycles. The van der Waals surface area contributed by atoms with Crippen LogP contribution in [0.5, 0.6) is 0 Å². The molecule has 0 radical (unpaired) electrons. The minimum Gasteiger partial charge on any atom is -0.343 e. The van der Waals surface area contributed by atoms with E-state index in [-0.39, 0.29) is 11.9 Å². The Balaban J connectivity index is 1.34. The topological polar surface area (TPSA) is 58.1 Å². The number of thiophene rings is 1. The van der Waals surface area contributed by atoms with E-state index in [1.807, 2.05) is 54.2 Å². The Labute approximate surface area is 192 Å². The molecule has 1 fully saturated rings. The molecule has 1 aliphatic heterocycles. The van der Waals surface area contributed by atoms with E-state index >= 15 is 0 Å². The van der Waals surface area contributed by atoms with Crippen LogP contribution >= 0.6 is 11.3 Å². The Morgan fingerprint density at radius 1 is 1.09 bits per heavy atom. The van der Waals surface area contributed by atoms with E-state index in [4.69, 9.17) is 0 Å². The molecule has 4 aromatic rings. The summed E-state index contributed by atoms with van der Waals surface area (Å²) in [6.07, 6.45) is 5.82. The van der Waals surface area contributed by atoms with Crippen LogP contribution in [-0.4, -0.2) is 33.9 Å². The summed E-state index contributed by atoms with van der Waals surface area (Å²) in [5.41, 5.74) is 3.25. The highest BCUT2D eigenvalue weighted by Gasteiger charge is 2.31. The van der Waals surface area contributed by atoms with Gasteiger partial charge in [-0.05, 0) is 72.6 Å². The molecular weight excluding hydrogens is 416 g/mol. The second-order valence-electron chi connectivity index (χ2n) is 8.35. The van der Waals surface area contributed by atoms with Crippen LogP contribution in [0.4, 0.5) is 0 Å². The summed E-state index contributed by atoms with van der Waals surface area (Å²) >= 11 is 1.47. The van der Waals surface area contributed by atoms with Gasteiger partial charge in [-0.3, -0.25) is 19.7 Å². The zero-order chi connectivity index (χ0) is 21.8. The van der Waals surface area contributed by atoms with Crippen molar-refractivity contribution in [3.8, 4) is 0 Å². The predicted octanol–water partition coefficient (Wildman–Crippen LogP) is 5.07. The number of hydrogen-bond donors (Lipinski definition) is 1. The number of nitrogens with zero attached hydrogens (tertiary/aromatic N) is 3. The van der Waals surface area contributed by atoms with Gasteiger partial charge in [0.2, 0.25) is 0 Å². The molecule has 6 heteroatoms. The van der Waals surface area contributed by atoms with E-state index in [1.54, 1.807) is 0 Å². The number of carbonyl (C=O) groups is 1. The summed E-state index contributed by atoms with van der Waals surface area (Å²) in [6, 6.07) is 20.2. The van der Waals surface area contributed by atoms with E-state index in [1.165, 1.54) is 22.3 Å². The third-order valence-corrected chi connectivity index (χ3v) is 6.99. The number of benzene rings is 1. The smallest absolute Gasteiger partial charge is 0.261 e. The third-order valence-electron chi connectivity index (χ3n) is 6.12. The number of nitrogens with one attached hydrogen (secondary N) is 1. The highest BCUT2D eigenvalue weighted by molar-refractivity contribution is 7.12. The first-order valence-corrected chi connectivity index (χ1v) is 12.0. The minimum atomic E-state index is -0.102. The van der Waals surface area contributed by atoms with Crippen LogP contribution in [0.1, 0.15) is 39.8 Å². The van der Waals surface area contributed by atoms with E-state index in [9.17, 15) is 4.79 Å². The van der Waals surface area contributed by atoms with Crippen molar-refractivity contribution < 1.29 is 4.79 Å². The number of aromatic nitrogens is 2. The van der Waals surface area contributed by atoms with Crippen LogP contribution in [0.25, 0.3) is 10.9 Å². The SMILES string of the molecule is O=C(N[C@H](c1ccccn1)[C@H]1CCCN(Cc2ccc3ncccc3c2)C1)c1cccs1. The molecular formula is C26H26N4OS. The molecule has 3 aromatic heterocycles. The van der Waals surface area contributed by atoms with Crippen LogP contribution in [0.15, 0.2) is 78.4 Å². The highest BCUT2D eigenvalue weighted by Crippen LogP contribution is 2.30. The summed E-state index contributed by atoms with van der Waals surface area (Å²) in [5.74, 6) is 0.291. The number of hydrogen-bond acceptors (Lipinski definition) is 5. The van der Waals surface area contributed by atoms with Crippen molar-refractivity contribution in [3.63, 3.8) is 0 Å². The van der Waals surface area contributed by atoms with Crippen LogP contribution in [0, 0.1) is 5.92 Å². The molecule has 1 amide bonds. The number of rotatable bonds is 6. The number of piperidine rings is 1. The van der Waals surface area contributed by atoms with Crippen molar-refractivity contribution in [2.75, 3.05) is 13.1 Å². The Bertz CT molecular complexity index is 1180. The normalized spacial score (nSPS) is 17.8. The lowest BCUT2D eigenvalue weighted by molar-refractivity contribution is 0.0879. The molecule has 0 unspecified atom stereocenters. The maximum absolute atomic E-state index is 12.9. The van der Waals surface area contributed by atoms with Crippen LogP contribution < -0.4 is 5.32 Å². The minimum absolute atomic E-state index is 0.0187. The Kier molecular flexibility index (Phi) is 6.23. The molecule has 5 rings (SSSR count). The molecule has 1 saturated heterocycles. The number of carbonyl (C=O) groups excluding carboxylic acids is 1. The van der Waals surface area contributed by atoms with Crippen molar-refractivity contribution in [2.24, 2.45) is 5.92 Å². The van der Waals surface area contributed by atoms with Crippen molar-refractivity contribution >= 4 is 28.1 Å². The largest absolute Gasteiger partial charge is 0.343 e. The first-order valence-electron chi connectivity index (χ1n) is 11.1. The molecule has 0 spiro atoms. The summed E-state index contributed by atoms with van der Waals surface area (Å²) in [7, 11) is 0. The summed E-state index contributed by atoms with van der Waals surface area (Å²) in [6.45, 7) is 2.89. The Hall–Kier alpha value is -3.09. The van der Waals surface area contributed by atoms with E-state index < -0.39 is 0 Å². The van der Waals surface area contributed by atoms with Crippen molar-refractivity contribution in [3.05, 3.63) is 94.6 Å². The molecule has 4 heterocycles. The molecule has 0 aliphatic carbocycles. The molecule has 32 heavy (non-hydrogen) atoms. The lowest BCUT2D eigenvalue weighted by atomic mass is 9.88. The monoisotopic (exact) mass is 442 g/mol. The Morgan fingerprint density at radius 3 is 2.88 bits per heavy atom. The molecule has 162 valence electrons. The van der Waals surface area contributed by atoms with Gasteiger partial charge < -0.3 is 5.32 Å². The van der Waals surface area contributed by atoms with E-state index in [2.05, 4.69) is 44.5 Å². The van der Waals surface area contributed by atoms with Gasteiger partial charge in [0.25, 0.3) is 5.91 Å². The predicted molar refractivity (Wildman–Crippen MR) is 129 cm³/mol. The van der Waals surface area contributed by atoms with Crippen LogP contribution in [0.2, 0.25) is 0 Å². The molecule has 5 nitrogen and oxygen atoms in total. The first kappa shape index (κ1) is 20.8. The van der Waals surface area contributed by atoms with E-state index in [0.29, 0.717) is 5.92 Å². The number of amides is 1. The van der Waals surface area contributed by atoms with Crippen LogP contribution in [-0.2, 0) is 6.54 Å². The quantitative estimate of drug-likeness (QED) is 0.453. The molecule has 1 aromatic carbocycles. The molecule has 1 aliphatic rings. The fourth-order valence-electron chi connectivity index (χ4n) is 4.60. The van der Waals surface area contributed by atoms with Crippen molar-refractivity contribution in [1.29, 1.82) is 0 Å². The van der Waals surface area contributed by atoms with Crippen molar-refractivity contribution in [1.82, 2.24) is 20.2 Å². The summed E-state index contributed by atoms with van der Waals surface area (Å²) < 4.78 is 0. The zero-order valence-corrected chi connectivity index (χ0v) is 18.7. The standard InChI is InChI=1S/C26H26N4OS/c31-26(24-9-5-15-32-24)29-25(23-8-1-2-12-28-23)21-7-4-14-30(18-21)17-19-10-11-22-20(16-19)6-3-13-27-22/h1-3,5-6,8-13,15-16,21,25H,4,7,14,17-18H2,(H,29,31)/t21-,25-/m0/s1. The van der Waals surface area contributed by atoms with Gasteiger partial charge in [0, 0.05) is 30.9 Å². The van der Waals surface area contributed by atoms with Gasteiger partial charge in [-0.1, -0.05) is 24.3 Å². The second kappa shape index (κ2) is 9.59. The van der Waals surface area contributed by atoms with Gasteiger partial charge in [0.05, 0.1) is 22.1 Å². The van der Waals surface area contributed by atoms with Gasteiger partial charge >= 0.3 is 0 Å².